The number of hydrogen-bond donors (Lipinski definition) is 0. The van der Waals surface area contributed by atoms with E-state index in [1.807, 2.05) is 37.4 Å². The van der Waals surface area contributed by atoms with E-state index in [1.54, 1.807) is 0 Å². The largest absolute Gasteiger partial charge is 0.416 e. The number of benzene rings is 3. The molecule has 0 spiro atoms. The normalized spacial score (nSPS) is 17.0. The van der Waals surface area contributed by atoms with Crippen LogP contribution in [-0.2, 0) is 18.9 Å². The van der Waals surface area contributed by atoms with E-state index in [0.717, 1.165) is 53.6 Å². The molecule has 0 aliphatic carbocycles. The Bertz CT molecular complexity index is 1830. The average Bonchev–Trinajstić information content (AvgIpc) is 3.63. The summed E-state index contributed by atoms with van der Waals surface area (Å²) in [6.07, 6.45) is -4.41. The third-order valence-electron chi connectivity index (χ3n) is 8.95. The quantitative estimate of drug-likeness (QED) is 0.115. The van der Waals surface area contributed by atoms with Gasteiger partial charge in [-0.05, 0) is 61.2 Å². The lowest BCUT2D eigenvalue weighted by Crippen LogP contribution is -2.40. The summed E-state index contributed by atoms with van der Waals surface area (Å²) in [7, 11) is 0. The molecular formula is C36H34Cl2F6N2O2. The number of aromatic nitrogens is 1. The monoisotopic (exact) mass is 710 g/mol. The summed E-state index contributed by atoms with van der Waals surface area (Å²) in [6.45, 7) is 4.68. The molecule has 1 aromatic heterocycles. The smallest absolute Gasteiger partial charge is 0.359 e. The Hall–Kier alpha value is -3.50. The van der Waals surface area contributed by atoms with E-state index in [9.17, 15) is 35.9 Å². The molecule has 1 aliphatic heterocycles. The number of nitrogens with zero attached hydrogens (tertiary/aromatic N) is 2. The number of carbonyl (C=O) groups excluding carboxylic acids is 2. The van der Waals surface area contributed by atoms with Crippen molar-refractivity contribution in [3.8, 4) is 0 Å². The number of alkyl halides is 6. The van der Waals surface area contributed by atoms with Crippen LogP contribution in [-0.4, -0.2) is 28.7 Å². The van der Waals surface area contributed by atoms with E-state index in [4.69, 9.17) is 23.2 Å². The molecule has 0 radical (unpaired) electrons. The van der Waals surface area contributed by atoms with Gasteiger partial charge in [-0.15, -0.1) is 0 Å². The zero-order valence-electron chi connectivity index (χ0n) is 26.3. The fourth-order valence-electron chi connectivity index (χ4n) is 6.50. The maximum atomic E-state index is 14.5. The number of rotatable bonds is 11. The van der Waals surface area contributed by atoms with E-state index >= 15 is 0 Å². The second-order valence-electron chi connectivity index (χ2n) is 12.1. The molecule has 1 aliphatic rings. The molecule has 0 N–H and O–H groups in total. The number of aryl methyl sites for hydroxylation is 1. The summed E-state index contributed by atoms with van der Waals surface area (Å²) in [6, 6.07) is 10.4. The highest BCUT2D eigenvalue weighted by molar-refractivity contribution is 6.37. The van der Waals surface area contributed by atoms with Crippen molar-refractivity contribution in [1.82, 2.24) is 4.57 Å². The first-order valence-corrected chi connectivity index (χ1v) is 16.6. The summed E-state index contributed by atoms with van der Waals surface area (Å²) in [4.78, 5) is 29.1. The molecule has 48 heavy (non-hydrogen) atoms. The lowest BCUT2D eigenvalue weighted by Gasteiger charge is -2.31. The zero-order chi connectivity index (χ0) is 35.0. The van der Waals surface area contributed by atoms with Crippen LogP contribution in [0.4, 0.5) is 32.0 Å². The van der Waals surface area contributed by atoms with Gasteiger partial charge in [0.25, 0.3) is 0 Å². The van der Waals surface area contributed by atoms with Crippen molar-refractivity contribution in [2.45, 2.75) is 83.2 Å². The maximum absolute atomic E-state index is 14.5. The van der Waals surface area contributed by atoms with Gasteiger partial charge in [-0.3, -0.25) is 9.59 Å². The first-order chi connectivity index (χ1) is 22.7. The van der Waals surface area contributed by atoms with Gasteiger partial charge in [0.05, 0.1) is 32.9 Å². The van der Waals surface area contributed by atoms with Crippen LogP contribution in [0.15, 0.2) is 60.8 Å². The van der Waals surface area contributed by atoms with E-state index < -0.39 is 52.0 Å². The number of carbonyl (C=O) groups is 2. The molecule has 1 saturated heterocycles. The minimum absolute atomic E-state index is 0.0135. The molecule has 1 fully saturated rings. The fraction of sp³-hybridized carbons (Fsp3) is 0.389. The second-order valence-corrected chi connectivity index (χ2v) is 12.9. The first kappa shape index (κ1) is 35.8. The first-order valence-electron chi connectivity index (χ1n) is 15.9. The number of fused-ring (bicyclic) bond motifs is 1. The average molecular weight is 712 g/mol. The molecule has 3 aromatic carbocycles. The van der Waals surface area contributed by atoms with Gasteiger partial charge in [0.2, 0.25) is 0 Å². The SMILES string of the molecule is CCCCC(=O)c1cc(C(F)(F)F)cc(N2CCC(c3cn(CCCC)c4ccccc34)C2C(=O)c2ccc(C(F)(F)F)cc2Cl)c1Cl. The van der Waals surface area contributed by atoms with Crippen LogP contribution in [0.2, 0.25) is 10.0 Å². The van der Waals surface area contributed by atoms with E-state index in [1.165, 1.54) is 4.90 Å². The lowest BCUT2D eigenvalue weighted by molar-refractivity contribution is -0.138. The molecule has 0 amide bonds. The molecular weight excluding hydrogens is 677 g/mol. The highest BCUT2D eigenvalue weighted by atomic mass is 35.5. The molecule has 12 heteroatoms. The number of para-hydroxylation sites is 1. The molecule has 2 atom stereocenters. The van der Waals surface area contributed by atoms with Crippen molar-refractivity contribution in [3.05, 3.63) is 98.7 Å². The van der Waals surface area contributed by atoms with Crippen LogP contribution >= 0.6 is 23.2 Å². The molecule has 2 heterocycles. The van der Waals surface area contributed by atoms with Crippen molar-refractivity contribution in [2.24, 2.45) is 0 Å². The molecule has 0 bridgehead atoms. The Morgan fingerprint density at radius 1 is 0.854 bits per heavy atom. The van der Waals surface area contributed by atoms with Gasteiger partial charge in [-0.1, -0.05) is 68.1 Å². The lowest BCUT2D eigenvalue weighted by atomic mass is 9.86. The number of halogens is 8. The minimum Gasteiger partial charge on any atom is -0.359 e. The molecule has 4 aromatic rings. The highest BCUT2D eigenvalue weighted by Gasteiger charge is 2.44. The van der Waals surface area contributed by atoms with Crippen molar-refractivity contribution in [1.29, 1.82) is 0 Å². The number of anilines is 1. The number of unbranched alkanes of at least 4 members (excludes halogenated alkanes) is 2. The minimum atomic E-state index is -4.83. The number of hydrogen-bond acceptors (Lipinski definition) is 3. The van der Waals surface area contributed by atoms with Gasteiger partial charge < -0.3 is 9.47 Å². The Labute approximate surface area is 284 Å². The standard InChI is InChI=1S/C36H34Cl2F6N2O2/c1-3-5-11-31(47)26-17-22(36(42,43)44)19-30(32(26)38)46-16-14-24(27-20-45(15-6-4-2)29-10-8-7-9-23(27)29)33(46)34(48)25-13-12-21(18-28(25)37)35(39,40)41/h7-10,12-13,17-20,24,33H,3-6,11,14-16H2,1-2H3. The Balaban J connectivity index is 1.71. The third kappa shape index (κ3) is 7.10. The molecule has 2 unspecified atom stereocenters. The van der Waals surface area contributed by atoms with E-state index in [2.05, 4.69) is 11.5 Å². The van der Waals surface area contributed by atoms with Gasteiger partial charge in [0, 0.05) is 53.7 Å². The predicted molar refractivity (Wildman–Crippen MR) is 176 cm³/mol. The summed E-state index contributed by atoms with van der Waals surface area (Å²) in [5.41, 5.74) is -1.10. The van der Waals surface area contributed by atoms with Crippen molar-refractivity contribution < 1.29 is 35.9 Å². The highest BCUT2D eigenvalue weighted by Crippen LogP contribution is 2.46. The zero-order valence-corrected chi connectivity index (χ0v) is 27.8. The van der Waals surface area contributed by atoms with Crippen LogP contribution in [0, 0.1) is 0 Å². The fourth-order valence-corrected chi connectivity index (χ4v) is 7.10. The van der Waals surface area contributed by atoms with Crippen LogP contribution in [0.5, 0.6) is 0 Å². The molecule has 4 nitrogen and oxygen atoms in total. The summed E-state index contributed by atoms with van der Waals surface area (Å²) in [5.74, 6) is -1.83. The van der Waals surface area contributed by atoms with Gasteiger partial charge >= 0.3 is 12.4 Å². The maximum Gasteiger partial charge on any atom is 0.416 e. The van der Waals surface area contributed by atoms with E-state index in [0.29, 0.717) is 31.9 Å². The Kier molecular flexibility index (Phi) is 10.6. The molecule has 5 rings (SSSR count). The van der Waals surface area contributed by atoms with Gasteiger partial charge in [-0.2, -0.15) is 26.3 Å². The van der Waals surface area contributed by atoms with Crippen molar-refractivity contribution in [2.75, 3.05) is 11.4 Å². The summed E-state index contributed by atoms with van der Waals surface area (Å²) < 4.78 is 85.3. The van der Waals surface area contributed by atoms with Crippen LogP contribution < -0.4 is 4.90 Å². The van der Waals surface area contributed by atoms with Gasteiger partial charge in [0.15, 0.2) is 11.6 Å². The molecule has 0 saturated carbocycles. The van der Waals surface area contributed by atoms with Crippen LogP contribution in [0.25, 0.3) is 10.9 Å². The second kappa shape index (κ2) is 14.2. The number of Topliss-reactive ketones (excluding diaryl/α,β-unsaturated/α-hetero) is 2. The van der Waals surface area contributed by atoms with Crippen molar-refractivity contribution >= 4 is 51.4 Å². The van der Waals surface area contributed by atoms with Crippen molar-refractivity contribution in [3.63, 3.8) is 0 Å². The van der Waals surface area contributed by atoms with Crippen LogP contribution in [0.1, 0.15) is 95.7 Å². The summed E-state index contributed by atoms with van der Waals surface area (Å²) in [5, 5.41) is 0.199. The van der Waals surface area contributed by atoms with Gasteiger partial charge in [-0.25, -0.2) is 0 Å². The third-order valence-corrected chi connectivity index (χ3v) is 9.66. The van der Waals surface area contributed by atoms with E-state index in [-0.39, 0.29) is 34.8 Å². The topological polar surface area (TPSA) is 42.3 Å². The van der Waals surface area contributed by atoms with Crippen LogP contribution in [0.3, 0.4) is 0 Å². The van der Waals surface area contributed by atoms with Gasteiger partial charge in [0.1, 0.15) is 0 Å². The molecule has 256 valence electrons. The summed E-state index contributed by atoms with van der Waals surface area (Å²) >= 11 is 13.1. The Morgan fingerprint density at radius 2 is 1.54 bits per heavy atom. The number of ketones is 2. The Morgan fingerprint density at radius 3 is 2.19 bits per heavy atom. The predicted octanol–water partition coefficient (Wildman–Crippen LogP) is 11.4.